The number of phenols is 1. The van der Waals surface area contributed by atoms with Gasteiger partial charge in [-0.3, -0.25) is 0 Å². The van der Waals surface area contributed by atoms with Gasteiger partial charge in [0.25, 0.3) is 0 Å². The zero-order valence-corrected chi connectivity index (χ0v) is 11.2. The number of benzene rings is 1. The number of aliphatic hydroxyl groups excluding tert-OH is 1. The summed E-state index contributed by atoms with van der Waals surface area (Å²) in [6.07, 6.45) is 3.95. The lowest BCUT2D eigenvalue weighted by Crippen LogP contribution is -2.43. The number of aliphatic hydroxyl groups is 1. The second-order valence-electron chi connectivity index (χ2n) is 5.91. The van der Waals surface area contributed by atoms with Gasteiger partial charge in [-0.2, -0.15) is 0 Å². The van der Waals surface area contributed by atoms with Crippen LogP contribution in [-0.2, 0) is 4.74 Å². The van der Waals surface area contributed by atoms with Gasteiger partial charge in [0.1, 0.15) is 5.75 Å². The van der Waals surface area contributed by atoms with Crippen molar-refractivity contribution in [2.45, 2.75) is 25.9 Å². The van der Waals surface area contributed by atoms with Crippen molar-refractivity contribution in [2.24, 2.45) is 11.3 Å². The monoisotopic (exact) mass is 260 g/mol. The van der Waals surface area contributed by atoms with Crippen molar-refractivity contribution in [3.05, 3.63) is 41.5 Å². The molecule has 19 heavy (non-hydrogen) atoms. The average Bonchev–Trinajstić information content (AvgIpc) is 2.45. The van der Waals surface area contributed by atoms with E-state index in [-0.39, 0.29) is 24.0 Å². The van der Waals surface area contributed by atoms with Crippen LogP contribution in [-0.4, -0.2) is 23.4 Å². The minimum atomic E-state index is -0.120. The van der Waals surface area contributed by atoms with Gasteiger partial charge in [-0.15, -0.1) is 0 Å². The Bertz CT molecular complexity index is 508. The van der Waals surface area contributed by atoms with Crippen molar-refractivity contribution in [1.29, 1.82) is 0 Å². The molecule has 3 rings (SSSR count). The van der Waals surface area contributed by atoms with Gasteiger partial charge >= 0.3 is 0 Å². The topological polar surface area (TPSA) is 49.7 Å². The van der Waals surface area contributed by atoms with E-state index in [9.17, 15) is 10.2 Å². The Morgan fingerprint density at radius 1 is 1.37 bits per heavy atom. The summed E-state index contributed by atoms with van der Waals surface area (Å²) in [6.45, 7) is 2.84. The van der Waals surface area contributed by atoms with Crippen molar-refractivity contribution >= 4 is 0 Å². The van der Waals surface area contributed by atoms with Crippen LogP contribution in [0, 0.1) is 11.3 Å². The number of aromatic hydroxyl groups is 1. The van der Waals surface area contributed by atoms with Crippen LogP contribution in [0.25, 0.3) is 0 Å². The first kappa shape index (κ1) is 12.7. The van der Waals surface area contributed by atoms with E-state index in [2.05, 4.69) is 13.0 Å². The first-order valence-corrected chi connectivity index (χ1v) is 6.82. The van der Waals surface area contributed by atoms with E-state index in [0.29, 0.717) is 12.4 Å². The van der Waals surface area contributed by atoms with E-state index in [4.69, 9.17) is 4.74 Å². The van der Waals surface area contributed by atoms with Crippen molar-refractivity contribution in [2.75, 3.05) is 13.2 Å². The summed E-state index contributed by atoms with van der Waals surface area (Å²) in [6, 6.07) is 7.37. The quantitative estimate of drug-likeness (QED) is 0.804. The van der Waals surface area contributed by atoms with E-state index < -0.39 is 0 Å². The van der Waals surface area contributed by atoms with Crippen LogP contribution in [0.3, 0.4) is 0 Å². The molecule has 3 nitrogen and oxygen atoms in total. The SMILES string of the molecule is CC1=CC[C@]2(CO)CO[C@@H](c3ccccc3O)[C@@H]1C2. The van der Waals surface area contributed by atoms with Gasteiger partial charge in [-0.25, -0.2) is 0 Å². The first-order chi connectivity index (χ1) is 9.15. The number of allylic oxidation sites excluding steroid dienone is 1. The maximum atomic E-state index is 10.0. The molecule has 2 N–H and O–H groups in total. The van der Waals surface area contributed by atoms with Crippen LogP contribution < -0.4 is 0 Å². The van der Waals surface area contributed by atoms with Crippen LogP contribution in [0.5, 0.6) is 5.75 Å². The van der Waals surface area contributed by atoms with E-state index in [1.807, 2.05) is 18.2 Å². The van der Waals surface area contributed by atoms with Gasteiger partial charge < -0.3 is 14.9 Å². The number of hydrogen-bond acceptors (Lipinski definition) is 3. The number of fused-ring (bicyclic) bond motifs is 2. The summed E-state index contributed by atoms with van der Waals surface area (Å²) in [5, 5.41) is 19.7. The van der Waals surface area contributed by atoms with E-state index in [1.54, 1.807) is 6.07 Å². The fourth-order valence-electron chi connectivity index (χ4n) is 3.30. The molecule has 2 aliphatic rings. The molecule has 1 saturated heterocycles. The summed E-state index contributed by atoms with van der Waals surface area (Å²) in [5.41, 5.74) is 2.04. The predicted octanol–water partition coefficient (Wildman–Crippen LogP) is 2.80. The summed E-state index contributed by atoms with van der Waals surface area (Å²) in [4.78, 5) is 0. The fraction of sp³-hybridized carbons (Fsp3) is 0.500. The van der Waals surface area contributed by atoms with Gasteiger partial charge in [0.15, 0.2) is 0 Å². The standard InChI is InChI=1S/C16H20O3/c1-11-6-7-16(9-17)8-13(11)15(19-10-16)12-4-2-3-5-14(12)18/h2-6,13,15,17-18H,7-10H2,1H3/t13-,15+,16+/m1/s1. The number of para-hydroxylation sites is 1. The highest BCUT2D eigenvalue weighted by molar-refractivity contribution is 5.36. The molecule has 0 unspecified atom stereocenters. The van der Waals surface area contributed by atoms with Crippen LogP contribution in [0.15, 0.2) is 35.9 Å². The van der Waals surface area contributed by atoms with E-state index in [1.165, 1.54) is 5.57 Å². The molecule has 0 aromatic heterocycles. The smallest absolute Gasteiger partial charge is 0.121 e. The molecule has 0 radical (unpaired) electrons. The van der Waals surface area contributed by atoms with Gasteiger partial charge in [0.05, 0.1) is 19.3 Å². The molecular formula is C16H20O3. The van der Waals surface area contributed by atoms with Crippen LogP contribution >= 0.6 is 0 Å². The predicted molar refractivity (Wildman–Crippen MR) is 72.8 cm³/mol. The highest BCUT2D eigenvalue weighted by Gasteiger charge is 2.45. The number of hydrogen-bond donors (Lipinski definition) is 2. The third kappa shape index (κ3) is 2.07. The Morgan fingerprint density at radius 2 is 2.16 bits per heavy atom. The van der Waals surface area contributed by atoms with Crippen molar-refractivity contribution in [3.63, 3.8) is 0 Å². The molecule has 1 aromatic rings. The van der Waals surface area contributed by atoms with E-state index >= 15 is 0 Å². The summed E-state index contributed by atoms with van der Waals surface area (Å²) in [5.74, 6) is 0.547. The minimum absolute atomic E-state index is 0.0996. The lowest BCUT2D eigenvalue weighted by Gasteiger charge is -2.47. The number of phenolic OH excluding ortho intramolecular Hbond substituents is 1. The third-order valence-corrected chi connectivity index (χ3v) is 4.61. The van der Waals surface area contributed by atoms with Gasteiger partial charge in [-0.05, 0) is 25.8 Å². The molecule has 0 amide bonds. The Hall–Kier alpha value is -1.32. The van der Waals surface area contributed by atoms with Gasteiger partial charge in [0.2, 0.25) is 0 Å². The summed E-state index contributed by atoms with van der Waals surface area (Å²) in [7, 11) is 0. The van der Waals surface area contributed by atoms with Gasteiger partial charge in [-0.1, -0.05) is 29.8 Å². The molecule has 1 aromatic carbocycles. The fourth-order valence-corrected chi connectivity index (χ4v) is 3.30. The maximum Gasteiger partial charge on any atom is 0.121 e. The largest absolute Gasteiger partial charge is 0.508 e. The molecule has 1 fully saturated rings. The summed E-state index contributed by atoms with van der Waals surface area (Å²) < 4.78 is 6.02. The molecule has 3 heteroatoms. The number of rotatable bonds is 2. The Kier molecular flexibility index (Phi) is 3.11. The third-order valence-electron chi connectivity index (χ3n) is 4.61. The molecule has 0 saturated carbocycles. The second kappa shape index (κ2) is 4.66. The maximum absolute atomic E-state index is 10.0. The average molecular weight is 260 g/mol. The van der Waals surface area contributed by atoms with Crippen molar-refractivity contribution < 1.29 is 14.9 Å². The molecule has 102 valence electrons. The zero-order chi connectivity index (χ0) is 13.5. The van der Waals surface area contributed by atoms with Crippen LogP contribution in [0.1, 0.15) is 31.4 Å². The molecule has 3 atom stereocenters. The highest BCUT2D eigenvalue weighted by atomic mass is 16.5. The van der Waals surface area contributed by atoms with Crippen LogP contribution in [0.4, 0.5) is 0 Å². The molecule has 1 heterocycles. The lowest BCUT2D eigenvalue weighted by atomic mass is 9.66. The highest BCUT2D eigenvalue weighted by Crippen LogP contribution is 2.51. The Morgan fingerprint density at radius 3 is 2.89 bits per heavy atom. The Labute approximate surface area is 113 Å². The normalized spacial score (nSPS) is 33.9. The summed E-state index contributed by atoms with van der Waals surface area (Å²) >= 11 is 0. The van der Waals surface area contributed by atoms with E-state index in [0.717, 1.165) is 18.4 Å². The minimum Gasteiger partial charge on any atom is -0.508 e. The molecular weight excluding hydrogens is 240 g/mol. The Balaban J connectivity index is 1.96. The molecule has 0 spiro atoms. The molecule has 2 bridgehead atoms. The van der Waals surface area contributed by atoms with Crippen LogP contribution in [0.2, 0.25) is 0 Å². The molecule has 1 aliphatic heterocycles. The van der Waals surface area contributed by atoms with Crippen molar-refractivity contribution in [1.82, 2.24) is 0 Å². The second-order valence-corrected chi connectivity index (χ2v) is 5.91. The number of ether oxygens (including phenoxy) is 1. The first-order valence-electron chi connectivity index (χ1n) is 6.82. The lowest BCUT2D eigenvalue weighted by molar-refractivity contribution is -0.114. The zero-order valence-electron chi connectivity index (χ0n) is 11.2. The van der Waals surface area contributed by atoms with Crippen molar-refractivity contribution in [3.8, 4) is 5.75 Å². The molecule has 1 aliphatic carbocycles. The van der Waals surface area contributed by atoms with Gasteiger partial charge in [0, 0.05) is 16.9 Å².